The SMILES string of the molecule is CC/C=C\C/C=C\C/C=C\C/C=C\C/C=C\CCCCCCCCCCCCCCCCCCCCCCCCCC(=O)OC(COC(=O)CCCCCCCCCCCCCCCCCCCCCCCCCCCCC)COC(OCC[N+](C)(C)C)C(=O)O. The minimum absolute atomic E-state index is 0.175. The van der Waals surface area contributed by atoms with Crippen LogP contribution in [0.25, 0.3) is 0 Å². The number of carboxylic acids is 1. The summed E-state index contributed by atoms with van der Waals surface area (Å²) in [5.41, 5.74) is 0. The lowest BCUT2D eigenvalue weighted by Crippen LogP contribution is -2.40. The van der Waals surface area contributed by atoms with Crippen LogP contribution < -0.4 is 0 Å². The maximum absolute atomic E-state index is 13.0. The number of carbonyl (C=O) groups is 3. The van der Waals surface area contributed by atoms with E-state index in [2.05, 4.69) is 74.6 Å². The Bertz CT molecular complexity index is 1680. The molecule has 0 aromatic rings. The van der Waals surface area contributed by atoms with Crippen LogP contribution in [0.15, 0.2) is 60.8 Å². The molecule has 0 amide bonds. The Kier molecular flexibility index (Phi) is 70.4. The molecular formula is C82H152NO8+. The third-order valence-corrected chi connectivity index (χ3v) is 17.8. The van der Waals surface area contributed by atoms with E-state index in [9.17, 15) is 19.5 Å². The highest BCUT2D eigenvalue weighted by molar-refractivity contribution is 5.71. The highest BCUT2D eigenvalue weighted by Gasteiger charge is 2.25. The number of esters is 2. The third-order valence-electron chi connectivity index (χ3n) is 17.8. The van der Waals surface area contributed by atoms with Crippen molar-refractivity contribution in [2.24, 2.45) is 0 Å². The maximum Gasteiger partial charge on any atom is 0.361 e. The van der Waals surface area contributed by atoms with E-state index in [4.69, 9.17) is 18.9 Å². The van der Waals surface area contributed by atoms with Crippen LogP contribution >= 0.6 is 0 Å². The highest BCUT2D eigenvalue weighted by Crippen LogP contribution is 2.20. The van der Waals surface area contributed by atoms with Crippen molar-refractivity contribution in [3.05, 3.63) is 60.8 Å². The Morgan fingerprint density at radius 2 is 0.626 bits per heavy atom. The molecule has 2 atom stereocenters. The topological polar surface area (TPSA) is 108 Å². The van der Waals surface area contributed by atoms with Crippen LogP contribution in [0.1, 0.15) is 386 Å². The number of hydrogen-bond donors (Lipinski definition) is 1. The van der Waals surface area contributed by atoms with Gasteiger partial charge in [0.2, 0.25) is 0 Å². The molecular weight excluding hydrogens is 1130 g/mol. The highest BCUT2D eigenvalue weighted by atomic mass is 16.7. The summed E-state index contributed by atoms with van der Waals surface area (Å²) in [6, 6.07) is 0. The normalized spacial score (nSPS) is 12.9. The van der Waals surface area contributed by atoms with Crippen molar-refractivity contribution < 1.29 is 42.9 Å². The quantitative estimate of drug-likeness (QED) is 0.0211. The molecule has 0 saturated heterocycles. The molecule has 0 saturated carbocycles. The van der Waals surface area contributed by atoms with Crippen LogP contribution in [0.3, 0.4) is 0 Å². The lowest BCUT2D eigenvalue weighted by molar-refractivity contribution is -0.870. The summed E-state index contributed by atoms with van der Waals surface area (Å²) in [5.74, 6) is -1.97. The van der Waals surface area contributed by atoms with E-state index >= 15 is 0 Å². The van der Waals surface area contributed by atoms with E-state index in [0.717, 1.165) is 70.6 Å². The molecule has 0 heterocycles. The molecule has 0 aliphatic rings. The third kappa shape index (κ3) is 74.3. The molecule has 91 heavy (non-hydrogen) atoms. The number of quaternary nitrogens is 1. The van der Waals surface area contributed by atoms with Crippen molar-refractivity contribution in [2.45, 2.75) is 399 Å². The van der Waals surface area contributed by atoms with Gasteiger partial charge in [0.15, 0.2) is 6.10 Å². The summed E-state index contributed by atoms with van der Waals surface area (Å²) in [5, 5.41) is 9.77. The summed E-state index contributed by atoms with van der Waals surface area (Å²) < 4.78 is 23.1. The lowest BCUT2D eigenvalue weighted by Gasteiger charge is -2.25. The number of unbranched alkanes of at least 4 members (excludes halogenated alkanes) is 49. The number of likely N-dealkylation sites (N-methyl/N-ethyl adjacent to an activating group) is 1. The predicted molar refractivity (Wildman–Crippen MR) is 392 cm³/mol. The molecule has 1 N–H and O–H groups in total. The molecule has 2 unspecified atom stereocenters. The van der Waals surface area contributed by atoms with Gasteiger partial charge in [-0.05, 0) is 57.8 Å². The molecule has 9 heteroatoms. The smallest absolute Gasteiger partial charge is 0.361 e. The second-order valence-corrected chi connectivity index (χ2v) is 28.0. The molecule has 0 spiro atoms. The van der Waals surface area contributed by atoms with Gasteiger partial charge in [-0.25, -0.2) is 4.79 Å². The first kappa shape index (κ1) is 88.0. The minimum atomic E-state index is -1.51. The Hall–Kier alpha value is -3.01. The van der Waals surface area contributed by atoms with Crippen LogP contribution in [0.4, 0.5) is 0 Å². The van der Waals surface area contributed by atoms with E-state index in [1.807, 2.05) is 21.1 Å². The molecule has 0 aliphatic carbocycles. The van der Waals surface area contributed by atoms with Crippen molar-refractivity contribution in [2.75, 3.05) is 47.5 Å². The fourth-order valence-corrected chi connectivity index (χ4v) is 11.8. The number of carboxylic acid groups (broad SMARTS) is 1. The van der Waals surface area contributed by atoms with Gasteiger partial charge in [-0.15, -0.1) is 0 Å². The van der Waals surface area contributed by atoms with E-state index in [1.54, 1.807) is 0 Å². The first-order valence-corrected chi connectivity index (χ1v) is 39.5. The fourth-order valence-electron chi connectivity index (χ4n) is 11.8. The number of ether oxygens (including phenoxy) is 4. The maximum atomic E-state index is 13.0. The van der Waals surface area contributed by atoms with E-state index < -0.39 is 18.4 Å². The Balaban J connectivity index is 3.97. The van der Waals surface area contributed by atoms with E-state index in [0.29, 0.717) is 17.4 Å². The Morgan fingerprint density at radius 1 is 0.341 bits per heavy atom. The largest absolute Gasteiger partial charge is 0.477 e. The van der Waals surface area contributed by atoms with Crippen LogP contribution in [0.5, 0.6) is 0 Å². The van der Waals surface area contributed by atoms with Gasteiger partial charge >= 0.3 is 17.9 Å². The predicted octanol–water partition coefficient (Wildman–Crippen LogP) is 25.0. The van der Waals surface area contributed by atoms with Gasteiger partial charge in [-0.1, -0.05) is 376 Å². The number of carbonyl (C=O) groups excluding carboxylic acids is 2. The lowest BCUT2D eigenvalue weighted by atomic mass is 10.0. The Morgan fingerprint density at radius 3 is 0.934 bits per heavy atom. The fraction of sp³-hybridized carbons (Fsp3) is 0.841. The van der Waals surface area contributed by atoms with Crippen molar-refractivity contribution in [3.63, 3.8) is 0 Å². The van der Waals surface area contributed by atoms with Gasteiger partial charge in [0.05, 0.1) is 34.4 Å². The van der Waals surface area contributed by atoms with Crippen LogP contribution in [0.2, 0.25) is 0 Å². The second-order valence-electron chi connectivity index (χ2n) is 28.0. The summed E-state index contributed by atoms with van der Waals surface area (Å²) in [6.07, 6.45) is 93.8. The summed E-state index contributed by atoms with van der Waals surface area (Å²) >= 11 is 0. The average molecular weight is 1280 g/mol. The molecule has 0 aliphatic heterocycles. The molecule has 9 nitrogen and oxygen atoms in total. The molecule has 0 aromatic carbocycles. The molecule has 0 radical (unpaired) electrons. The van der Waals surface area contributed by atoms with Crippen LogP contribution in [0, 0.1) is 0 Å². The number of aliphatic carboxylic acids is 1. The van der Waals surface area contributed by atoms with Gasteiger partial charge in [-0.3, -0.25) is 9.59 Å². The zero-order valence-corrected chi connectivity index (χ0v) is 61.0. The molecule has 0 rings (SSSR count). The second kappa shape index (κ2) is 72.8. The van der Waals surface area contributed by atoms with Crippen molar-refractivity contribution in [1.82, 2.24) is 0 Å². The van der Waals surface area contributed by atoms with Gasteiger partial charge in [0.1, 0.15) is 13.2 Å². The van der Waals surface area contributed by atoms with Crippen molar-refractivity contribution in [1.29, 1.82) is 0 Å². The van der Waals surface area contributed by atoms with Crippen LogP contribution in [-0.4, -0.2) is 87.4 Å². The van der Waals surface area contributed by atoms with Gasteiger partial charge in [0.25, 0.3) is 6.29 Å². The number of rotatable bonds is 74. The van der Waals surface area contributed by atoms with Gasteiger partial charge < -0.3 is 28.5 Å². The molecule has 0 bridgehead atoms. The number of allylic oxidation sites excluding steroid dienone is 10. The zero-order valence-electron chi connectivity index (χ0n) is 61.0. The Labute approximate surface area is 565 Å². The van der Waals surface area contributed by atoms with E-state index in [1.165, 1.54) is 289 Å². The van der Waals surface area contributed by atoms with Crippen molar-refractivity contribution in [3.8, 4) is 0 Å². The van der Waals surface area contributed by atoms with Gasteiger partial charge in [-0.2, -0.15) is 0 Å². The number of nitrogens with zero attached hydrogens (tertiary/aromatic N) is 1. The first-order valence-electron chi connectivity index (χ1n) is 39.5. The van der Waals surface area contributed by atoms with Gasteiger partial charge in [0, 0.05) is 12.8 Å². The van der Waals surface area contributed by atoms with Crippen molar-refractivity contribution >= 4 is 17.9 Å². The first-order chi connectivity index (χ1) is 44.6. The summed E-state index contributed by atoms with van der Waals surface area (Å²) in [7, 11) is 6.00. The number of hydrogen-bond acceptors (Lipinski definition) is 7. The summed E-state index contributed by atoms with van der Waals surface area (Å²) in [4.78, 5) is 37.7. The zero-order chi connectivity index (χ0) is 66.1. The van der Waals surface area contributed by atoms with Crippen LogP contribution in [-0.2, 0) is 33.3 Å². The molecule has 0 fully saturated rings. The standard InChI is InChI=1S/C82H151NO8/c1-6-8-10-12-14-16-18-20-22-24-26-28-30-32-34-35-36-37-38-39-40-41-42-43-44-45-47-49-51-53-55-57-59-61-63-65-67-69-71-73-80(85)91-78(77-90-82(81(86)87)88-75-74-83(3,4)5)76-89-79(84)72-70-68-66-64-62-60-58-56-54-52-50-48-46-33-31-29-27-25-23-21-19-17-15-13-11-9-7-2/h8,10,14,16,20,22,26,28,32,34,78,82H,6-7,9,11-13,15,17-19,21,23-25,27,29-31,33,35-77H2,1-5H3/p+1/b10-8-,16-14-,22-20-,28-26-,34-32-. The monoisotopic (exact) mass is 1280 g/mol. The minimum Gasteiger partial charge on any atom is -0.477 e. The summed E-state index contributed by atoms with van der Waals surface area (Å²) in [6.45, 7) is 4.84. The molecule has 532 valence electrons. The molecule has 0 aromatic heterocycles. The van der Waals surface area contributed by atoms with E-state index in [-0.39, 0.29) is 38.2 Å². The average Bonchev–Trinajstić information content (AvgIpc) is 3.46.